The minimum absolute atomic E-state index is 0.110. The van der Waals surface area contributed by atoms with Crippen molar-refractivity contribution in [1.29, 1.82) is 0 Å². The Labute approximate surface area is 132 Å². The smallest absolute Gasteiger partial charge is 0.354 e. The number of nitrogens with zero attached hydrogens (tertiary/aromatic N) is 2. The summed E-state index contributed by atoms with van der Waals surface area (Å²) in [6.07, 6.45) is 5.67. The van der Waals surface area contributed by atoms with Crippen LogP contribution in [0.2, 0.25) is 0 Å². The maximum absolute atomic E-state index is 12.3. The van der Waals surface area contributed by atoms with Crippen LogP contribution in [-0.4, -0.2) is 41.5 Å². The first-order chi connectivity index (χ1) is 10.6. The molecule has 22 heavy (non-hydrogen) atoms. The molecule has 5 nitrogen and oxygen atoms in total. The van der Waals surface area contributed by atoms with E-state index in [1.807, 2.05) is 28.7 Å². The zero-order valence-corrected chi connectivity index (χ0v) is 13.7. The Bertz CT molecular complexity index is 516. The second kappa shape index (κ2) is 7.47. The Morgan fingerprint density at radius 1 is 1.36 bits per heavy atom. The molecule has 1 aliphatic heterocycles. The van der Waals surface area contributed by atoms with Crippen molar-refractivity contribution < 1.29 is 14.3 Å². The molecule has 0 radical (unpaired) electrons. The summed E-state index contributed by atoms with van der Waals surface area (Å²) in [5, 5.41) is 0. The van der Waals surface area contributed by atoms with Crippen molar-refractivity contribution in [1.82, 2.24) is 9.47 Å². The van der Waals surface area contributed by atoms with E-state index in [0.29, 0.717) is 5.69 Å². The monoisotopic (exact) mass is 306 g/mol. The maximum Gasteiger partial charge on any atom is 0.354 e. The molecule has 1 fully saturated rings. The molecule has 0 spiro atoms. The van der Waals surface area contributed by atoms with E-state index in [2.05, 4.69) is 6.92 Å². The van der Waals surface area contributed by atoms with Crippen molar-refractivity contribution in [2.24, 2.45) is 5.92 Å². The molecule has 0 aromatic carbocycles. The first-order valence-corrected chi connectivity index (χ1v) is 8.12. The molecular formula is C17H26N2O3. The molecule has 1 saturated heterocycles. The van der Waals surface area contributed by atoms with E-state index in [9.17, 15) is 9.59 Å². The highest BCUT2D eigenvalue weighted by molar-refractivity contribution is 5.87. The molecule has 1 amide bonds. The van der Waals surface area contributed by atoms with Gasteiger partial charge in [-0.25, -0.2) is 4.79 Å². The van der Waals surface area contributed by atoms with Crippen LogP contribution < -0.4 is 0 Å². The highest BCUT2D eigenvalue weighted by Gasteiger charge is 2.27. The van der Waals surface area contributed by atoms with E-state index in [4.69, 9.17) is 4.74 Å². The topological polar surface area (TPSA) is 51.5 Å². The average Bonchev–Trinajstić information content (AvgIpc) is 3.03. The number of esters is 1. The fraction of sp³-hybridized carbons (Fsp3) is 0.647. The Balaban J connectivity index is 1.97. The van der Waals surface area contributed by atoms with Gasteiger partial charge >= 0.3 is 5.97 Å². The number of piperidine rings is 1. The molecular weight excluding hydrogens is 280 g/mol. The Hall–Kier alpha value is -1.78. The van der Waals surface area contributed by atoms with Gasteiger partial charge in [-0.1, -0.05) is 20.3 Å². The average molecular weight is 306 g/mol. The molecule has 0 saturated carbocycles. The second-order valence-electron chi connectivity index (χ2n) is 6.04. The van der Waals surface area contributed by atoms with Gasteiger partial charge < -0.3 is 14.2 Å². The number of amides is 1. The molecule has 1 aromatic rings. The van der Waals surface area contributed by atoms with Crippen LogP contribution >= 0.6 is 0 Å². The van der Waals surface area contributed by atoms with E-state index < -0.39 is 0 Å². The van der Waals surface area contributed by atoms with Crippen LogP contribution in [0, 0.1) is 5.92 Å². The number of carbonyl (C=O) groups excluding carboxylic acids is 2. The maximum atomic E-state index is 12.3. The largest absolute Gasteiger partial charge is 0.464 e. The molecule has 0 bridgehead atoms. The number of methoxy groups -OCH3 is 1. The minimum atomic E-state index is -0.305. The Morgan fingerprint density at radius 2 is 2.05 bits per heavy atom. The van der Waals surface area contributed by atoms with E-state index in [-0.39, 0.29) is 23.8 Å². The summed E-state index contributed by atoms with van der Waals surface area (Å²) in [5.74, 6) is 0.0693. The zero-order valence-electron chi connectivity index (χ0n) is 13.7. The van der Waals surface area contributed by atoms with Gasteiger partial charge in [-0.3, -0.25) is 4.79 Å². The van der Waals surface area contributed by atoms with Crippen LogP contribution in [0.15, 0.2) is 18.3 Å². The molecule has 5 heteroatoms. The van der Waals surface area contributed by atoms with Crippen molar-refractivity contribution in [2.45, 2.75) is 45.6 Å². The van der Waals surface area contributed by atoms with Gasteiger partial charge in [-0.05, 0) is 31.4 Å². The van der Waals surface area contributed by atoms with Crippen LogP contribution in [-0.2, 0) is 9.53 Å². The molecule has 0 N–H and O–H groups in total. The van der Waals surface area contributed by atoms with Gasteiger partial charge in [0.05, 0.1) is 7.11 Å². The lowest BCUT2D eigenvalue weighted by atomic mass is 10.00. The van der Waals surface area contributed by atoms with E-state index in [1.54, 1.807) is 6.07 Å². The second-order valence-corrected chi connectivity index (χ2v) is 6.04. The van der Waals surface area contributed by atoms with Gasteiger partial charge in [0.1, 0.15) is 5.69 Å². The van der Waals surface area contributed by atoms with Gasteiger partial charge in [0.2, 0.25) is 5.91 Å². The summed E-state index contributed by atoms with van der Waals surface area (Å²) >= 11 is 0. The predicted octanol–water partition coefficient (Wildman–Crippen LogP) is 2.87. The third kappa shape index (κ3) is 3.51. The third-order valence-corrected chi connectivity index (χ3v) is 4.49. The summed E-state index contributed by atoms with van der Waals surface area (Å²) in [4.78, 5) is 26.1. The molecule has 0 aliphatic carbocycles. The molecule has 122 valence electrons. The molecule has 1 atom stereocenters. The molecule has 0 unspecified atom stereocenters. The van der Waals surface area contributed by atoms with Gasteiger partial charge in [-0.15, -0.1) is 0 Å². The highest BCUT2D eigenvalue weighted by Crippen LogP contribution is 2.26. The predicted molar refractivity (Wildman–Crippen MR) is 84.7 cm³/mol. The van der Waals surface area contributed by atoms with Crippen molar-refractivity contribution >= 4 is 11.9 Å². The zero-order chi connectivity index (χ0) is 16.1. The van der Waals surface area contributed by atoms with Gasteiger partial charge in [-0.2, -0.15) is 0 Å². The van der Waals surface area contributed by atoms with Crippen LogP contribution in [0.3, 0.4) is 0 Å². The summed E-state index contributed by atoms with van der Waals surface area (Å²) in [6.45, 7) is 5.64. The van der Waals surface area contributed by atoms with Crippen LogP contribution in [0.25, 0.3) is 0 Å². The van der Waals surface area contributed by atoms with Crippen molar-refractivity contribution in [3.05, 3.63) is 24.0 Å². The number of aromatic nitrogens is 1. The molecule has 1 aromatic heterocycles. The summed E-state index contributed by atoms with van der Waals surface area (Å²) in [5.41, 5.74) is 0.589. The summed E-state index contributed by atoms with van der Waals surface area (Å²) in [7, 11) is 1.40. The summed E-state index contributed by atoms with van der Waals surface area (Å²) in [6, 6.07) is 3.91. The molecule has 1 aliphatic rings. The fourth-order valence-corrected chi connectivity index (χ4v) is 3.22. The number of likely N-dealkylation sites (tertiary alicyclic amines) is 1. The number of hydrogen-bond acceptors (Lipinski definition) is 3. The van der Waals surface area contributed by atoms with Gasteiger partial charge in [0.25, 0.3) is 0 Å². The van der Waals surface area contributed by atoms with Gasteiger partial charge in [0.15, 0.2) is 0 Å². The van der Waals surface area contributed by atoms with Crippen molar-refractivity contribution in [3.63, 3.8) is 0 Å². The minimum Gasteiger partial charge on any atom is -0.464 e. The third-order valence-electron chi connectivity index (χ3n) is 4.49. The molecule has 2 rings (SSSR count). The first-order valence-electron chi connectivity index (χ1n) is 8.12. The Morgan fingerprint density at radius 3 is 2.64 bits per heavy atom. The van der Waals surface area contributed by atoms with Crippen molar-refractivity contribution in [2.75, 3.05) is 20.2 Å². The quantitative estimate of drug-likeness (QED) is 0.786. The number of carbonyl (C=O) groups is 2. The molecule has 2 heterocycles. The Kier molecular flexibility index (Phi) is 5.63. The number of hydrogen-bond donors (Lipinski definition) is 0. The lowest BCUT2D eigenvalue weighted by Crippen LogP contribution is -2.41. The van der Waals surface area contributed by atoms with E-state index in [0.717, 1.165) is 38.8 Å². The van der Waals surface area contributed by atoms with Crippen LogP contribution in [0.5, 0.6) is 0 Å². The first kappa shape index (κ1) is 16.6. The standard InChI is InChI=1S/C17H26N2O3/c1-4-6-13(2)16(20)18-11-8-14(9-12-18)19-10-5-7-15(19)17(21)22-3/h5,7,10,13-14H,4,6,8-9,11-12H2,1-3H3/t13-/m0/s1. The number of rotatable bonds is 5. The van der Waals surface area contributed by atoms with Crippen LogP contribution in [0.4, 0.5) is 0 Å². The van der Waals surface area contributed by atoms with Crippen LogP contribution in [0.1, 0.15) is 56.1 Å². The fourth-order valence-electron chi connectivity index (χ4n) is 3.22. The lowest BCUT2D eigenvalue weighted by Gasteiger charge is -2.34. The normalized spacial score (nSPS) is 17.3. The van der Waals surface area contributed by atoms with E-state index >= 15 is 0 Å². The lowest BCUT2D eigenvalue weighted by molar-refractivity contribution is -0.136. The summed E-state index contributed by atoms with van der Waals surface area (Å²) < 4.78 is 6.81. The van der Waals surface area contributed by atoms with E-state index in [1.165, 1.54) is 7.11 Å². The number of ether oxygens (including phenoxy) is 1. The highest BCUT2D eigenvalue weighted by atomic mass is 16.5. The van der Waals surface area contributed by atoms with Gasteiger partial charge in [0, 0.05) is 31.2 Å². The van der Waals surface area contributed by atoms with Crippen molar-refractivity contribution in [3.8, 4) is 0 Å². The SMILES string of the molecule is CCC[C@H](C)C(=O)N1CCC(n2cccc2C(=O)OC)CC1.